The fourth-order valence-electron chi connectivity index (χ4n) is 8.15. The van der Waals surface area contributed by atoms with Gasteiger partial charge in [0.05, 0.1) is 18.2 Å². The van der Waals surface area contributed by atoms with Crippen LogP contribution in [0.3, 0.4) is 0 Å². The quantitative estimate of drug-likeness (QED) is 0.249. The second-order valence-corrected chi connectivity index (χ2v) is 13.0. The lowest BCUT2D eigenvalue weighted by molar-refractivity contribution is -0.135. The van der Waals surface area contributed by atoms with E-state index in [1.54, 1.807) is 0 Å². The van der Waals surface area contributed by atoms with Crippen molar-refractivity contribution in [3.05, 3.63) is 23.5 Å². The lowest BCUT2D eigenvalue weighted by Gasteiger charge is -2.34. The monoisotopic (exact) mass is 660 g/mol. The first-order chi connectivity index (χ1) is 22.4. The van der Waals surface area contributed by atoms with Crippen LogP contribution >= 0.6 is 0 Å². The summed E-state index contributed by atoms with van der Waals surface area (Å²) in [5, 5.41) is 3.08. The SMILES string of the molecule is COc1c(-c2cc(F)cc3oc(N)c(C(F)(F)F)c23)c(N)nc2c(N3CC4CCC(C3)N4)nc(OC[C@@]34CCCN3C[C@H](F)C4)nc12. The van der Waals surface area contributed by atoms with Crippen LogP contribution < -0.4 is 31.2 Å². The van der Waals surface area contributed by atoms with E-state index in [0.717, 1.165) is 44.4 Å². The van der Waals surface area contributed by atoms with Gasteiger partial charge in [0.15, 0.2) is 11.6 Å². The average molecular weight is 661 g/mol. The highest BCUT2D eigenvalue weighted by Crippen LogP contribution is 2.50. The van der Waals surface area contributed by atoms with Gasteiger partial charge in [-0.3, -0.25) is 4.90 Å². The Labute approximate surface area is 265 Å². The van der Waals surface area contributed by atoms with E-state index in [1.165, 1.54) is 7.11 Å². The molecule has 5 N–H and O–H groups in total. The number of nitrogens with two attached hydrogens (primary N) is 2. The zero-order valence-electron chi connectivity index (χ0n) is 25.5. The number of hydrogen-bond donors (Lipinski definition) is 3. The number of methoxy groups -OCH3 is 1. The number of piperazine rings is 1. The molecule has 4 fully saturated rings. The Morgan fingerprint density at radius 2 is 1.85 bits per heavy atom. The maximum atomic E-state index is 15.0. The third-order valence-corrected chi connectivity index (χ3v) is 10.1. The maximum absolute atomic E-state index is 15.0. The molecule has 0 amide bonds. The molecule has 16 heteroatoms. The Kier molecular flexibility index (Phi) is 6.85. The van der Waals surface area contributed by atoms with Gasteiger partial charge in [-0.05, 0) is 38.3 Å². The van der Waals surface area contributed by atoms with Crippen LogP contribution in [0.5, 0.6) is 11.8 Å². The molecule has 1 aromatic carbocycles. The number of hydrogen-bond acceptors (Lipinski definition) is 11. The molecule has 2 unspecified atom stereocenters. The van der Waals surface area contributed by atoms with Gasteiger partial charge < -0.3 is 35.6 Å². The number of aromatic nitrogens is 3. The van der Waals surface area contributed by atoms with Crippen molar-refractivity contribution in [3.8, 4) is 22.9 Å². The van der Waals surface area contributed by atoms with Crippen molar-refractivity contribution in [1.29, 1.82) is 0 Å². The van der Waals surface area contributed by atoms with Crippen molar-refractivity contribution in [2.75, 3.05) is 56.3 Å². The molecule has 2 bridgehead atoms. The van der Waals surface area contributed by atoms with Crippen LogP contribution in [-0.4, -0.2) is 83.5 Å². The highest BCUT2D eigenvalue weighted by Gasteiger charge is 2.49. The third-order valence-electron chi connectivity index (χ3n) is 10.1. The van der Waals surface area contributed by atoms with Crippen LogP contribution in [0.2, 0.25) is 0 Å². The molecule has 4 aliphatic rings. The van der Waals surface area contributed by atoms with Gasteiger partial charge in [-0.15, -0.1) is 0 Å². The molecule has 250 valence electrons. The molecule has 0 aliphatic carbocycles. The van der Waals surface area contributed by atoms with E-state index >= 15 is 0 Å². The third kappa shape index (κ3) is 4.86. The van der Waals surface area contributed by atoms with Crippen molar-refractivity contribution >= 4 is 39.5 Å². The maximum Gasteiger partial charge on any atom is 0.422 e. The van der Waals surface area contributed by atoms with Gasteiger partial charge in [-0.2, -0.15) is 23.1 Å². The van der Waals surface area contributed by atoms with E-state index in [-0.39, 0.29) is 58.4 Å². The fraction of sp³-hybridized carbons (Fsp3) is 0.516. The number of alkyl halides is 4. The number of halogens is 5. The van der Waals surface area contributed by atoms with Crippen molar-refractivity contribution < 1.29 is 35.8 Å². The standard InChI is InChI=1S/C31H33F5N8O3/c1-45-25-21(18-7-14(32)8-19-20(18)22(27(38)47-19)31(34,35)36)26(37)40-24-23(25)41-29(42-28(24)43-11-16-3-4-17(12-43)39-16)46-13-30-5-2-6-44(30)10-15(33)9-30/h7-8,15-17,39H,2-6,9-13,38H2,1H3,(H2,37,40)/t15-,16?,17?,30+/m1/s1. The first kappa shape index (κ1) is 30.2. The minimum atomic E-state index is -4.93. The van der Waals surface area contributed by atoms with E-state index in [4.69, 9.17) is 30.3 Å². The number of nitrogen functional groups attached to an aromatic ring is 2. The minimum absolute atomic E-state index is 0.0225. The molecule has 4 aliphatic heterocycles. The highest BCUT2D eigenvalue weighted by molar-refractivity contribution is 6.07. The molecule has 4 saturated heterocycles. The summed E-state index contributed by atoms with van der Waals surface area (Å²) in [5.74, 6) is -1.66. The topological polar surface area (TPSA) is 141 Å². The predicted octanol–water partition coefficient (Wildman–Crippen LogP) is 4.66. The molecule has 4 atom stereocenters. The van der Waals surface area contributed by atoms with Crippen molar-refractivity contribution in [3.63, 3.8) is 0 Å². The summed E-state index contributed by atoms with van der Waals surface area (Å²) in [7, 11) is 1.31. The zero-order chi connectivity index (χ0) is 32.8. The molecule has 8 rings (SSSR count). The number of rotatable bonds is 6. The number of ether oxygens (including phenoxy) is 2. The number of nitrogens with zero attached hydrogens (tertiary/aromatic N) is 5. The second-order valence-electron chi connectivity index (χ2n) is 13.0. The van der Waals surface area contributed by atoms with Gasteiger partial charge in [-0.25, -0.2) is 13.8 Å². The van der Waals surface area contributed by atoms with Crippen LogP contribution in [0.25, 0.3) is 33.1 Å². The molecule has 0 spiro atoms. The molecule has 3 aromatic heterocycles. The van der Waals surface area contributed by atoms with Crippen molar-refractivity contribution in [1.82, 2.24) is 25.2 Å². The Hall–Kier alpha value is -4.18. The number of fused-ring (bicyclic) bond motifs is 5. The lowest BCUT2D eigenvalue weighted by Crippen LogP contribution is -2.51. The van der Waals surface area contributed by atoms with Gasteiger partial charge >= 0.3 is 12.2 Å². The van der Waals surface area contributed by atoms with E-state index in [9.17, 15) is 22.0 Å². The van der Waals surface area contributed by atoms with E-state index in [2.05, 4.69) is 25.1 Å². The summed E-state index contributed by atoms with van der Waals surface area (Å²) in [6.07, 6.45) is -1.88. The summed E-state index contributed by atoms with van der Waals surface area (Å²) in [6.45, 7) is 2.50. The van der Waals surface area contributed by atoms with Crippen LogP contribution in [0.1, 0.15) is 37.7 Å². The van der Waals surface area contributed by atoms with Crippen LogP contribution in [0.4, 0.5) is 39.5 Å². The second kappa shape index (κ2) is 10.7. The van der Waals surface area contributed by atoms with Crippen LogP contribution in [0.15, 0.2) is 16.5 Å². The summed E-state index contributed by atoms with van der Waals surface area (Å²) < 4.78 is 89.5. The normalized spacial score (nSPS) is 26.1. The summed E-state index contributed by atoms with van der Waals surface area (Å²) in [5.41, 5.74) is 9.95. The molecule has 11 nitrogen and oxygen atoms in total. The van der Waals surface area contributed by atoms with Gasteiger partial charge in [0.2, 0.25) is 5.88 Å². The van der Waals surface area contributed by atoms with Crippen LogP contribution in [0, 0.1) is 5.82 Å². The number of anilines is 3. The van der Waals surface area contributed by atoms with Crippen LogP contribution in [-0.2, 0) is 6.18 Å². The first-order valence-corrected chi connectivity index (χ1v) is 15.6. The van der Waals surface area contributed by atoms with Gasteiger partial charge in [0.25, 0.3) is 0 Å². The number of benzene rings is 1. The largest absolute Gasteiger partial charge is 0.494 e. The van der Waals surface area contributed by atoms with Gasteiger partial charge in [0.1, 0.15) is 46.6 Å². The molecular weight excluding hydrogens is 627 g/mol. The van der Waals surface area contributed by atoms with E-state index in [1.807, 2.05) is 0 Å². The summed E-state index contributed by atoms with van der Waals surface area (Å²) in [4.78, 5) is 18.2. The molecule has 0 saturated carbocycles. The zero-order valence-corrected chi connectivity index (χ0v) is 25.5. The Bertz CT molecular complexity index is 1890. The van der Waals surface area contributed by atoms with Crippen molar-refractivity contribution in [2.45, 2.75) is 62.1 Å². The Morgan fingerprint density at radius 3 is 2.57 bits per heavy atom. The number of furan rings is 1. The van der Waals surface area contributed by atoms with E-state index in [0.29, 0.717) is 31.9 Å². The Balaban J connectivity index is 1.32. The molecule has 7 heterocycles. The predicted molar refractivity (Wildman–Crippen MR) is 164 cm³/mol. The summed E-state index contributed by atoms with van der Waals surface area (Å²) >= 11 is 0. The Morgan fingerprint density at radius 1 is 1.09 bits per heavy atom. The van der Waals surface area contributed by atoms with Crippen molar-refractivity contribution in [2.24, 2.45) is 0 Å². The molecule has 47 heavy (non-hydrogen) atoms. The summed E-state index contributed by atoms with van der Waals surface area (Å²) in [6, 6.07) is 2.15. The fourth-order valence-corrected chi connectivity index (χ4v) is 8.15. The lowest BCUT2D eigenvalue weighted by atomic mass is 9.95. The smallest absolute Gasteiger partial charge is 0.422 e. The number of pyridine rings is 1. The van der Waals surface area contributed by atoms with Gasteiger partial charge in [-0.1, -0.05) is 0 Å². The highest BCUT2D eigenvalue weighted by atomic mass is 19.4. The minimum Gasteiger partial charge on any atom is -0.494 e. The molecular formula is C31H33F5N8O3. The average Bonchev–Trinajstić information content (AvgIpc) is 3.74. The van der Waals surface area contributed by atoms with E-state index < -0.39 is 46.1 Å². The molecule has 0 radical (unpaired) electrons. The van der Waals surface area contributed by atoms with Gasteiger partial charge in [0, 0.05) is 55.2 Å². The first-order valence-electron chi connectivity index (χ1n) is 15.6. The molecule has 4 aromatic rings. The number of nitrogens with one attached hydrogen (secondary N) is 1.